The zero-order valence-corrected chi connectivity index (χ0v) is 20.0. The smallest absolute Gasteiger partial charge is 0.317 e. The van der Waals surface area contributed by atoms with Gasteiger partial charge in [-0.05, 0) is 62.9 Å². The molecule has 2 aromatic carbocycles. The average Bonchev–Trinajstić information content (AvgIpc) is 3.29. The van der Waals surface area contributed by atoms with Gasteiger partial charge < -0.3 is 19.1 Å². The zero-order chi connectivity index (χ0) is 24.9. The molecular weight excluding hydrogens is 458 g/mol. The minimum absolute atomic E-state index is 0.0890. The fraction of sp³-hybridized carbons (Fsp3) is 0.286. The van der Waals surface area contributed by atoms with Gasteiger partial charge >= 0.3 is 12.0 Å². The number of carboxylic acid groups (broad SMARTS) is 1. The molecule has 1 N–H and O–H groups in total. The highest BCUT2D eigenvalue weighted by Gasteiger charge is 2.28. The molecule has 0 saturated heterocycles. The van der Waals surface area contributed by atoms with E-state index in [1.165, 1.54) is 0 Å². The lowest BCUT2D eigenvalue weighted by Gasteiger charge is -2.27. The summed E-state index contributed by atoms with van der Waals surface area (Å²) in [6.45, 7) is 2.08. The molecule has 4 aromatic rings. The van der Waals surface area contributed by atoms with Gasteiger partial charge in [-0.15, -0.1) is 0 Å². The SMILES string of the molecule is Cc1noc(-c2ccc(O[C@@H]3CCC[C@H](C(=O)O)C3)cc2)c1COc1nccc(-c2ccccc2)n1. The van der Waals surface area contributed by atoms with Crippen LogP contribution in [0.1, 0.15) is 36.9 Å². The standard InChI is InChI=1S/C28H27N3O5/c1-18-24(17-34-28-29-15-14-25(30-28)19-6-3-2-4-7-19)26(36-31-18)20-10-12-22(13-11-20)35-23-9-5-8-21(16-23)27(32)33/h2-4,6-7,10-15,21,23H,5,8-9,16-17H2,1H3,(H,32,33)/t21-,23+/m0/s1. The first-order valence-electron chi connectivity index (χ1n) is 12.0. The van der Waals surface area contributed by atoms with Gasteiger partial charge in [0.15, 0.2) is 5.76 Å². The summed E-state index contributed by atoms with van der Waals surface area (Å²) in [5.41, 5.74) is 4.15. The van der Waals surface area contributed by atoms with E-state index in [9.17, 15) is 9.90 Å². The topological polar surface area (TPSA) is 108 Å². The number of aliphatic carboxylic acids is 1. The lowest BCUT2D eigenvalue weighted by molar-refractivity contribution is -0.143. The quantitative estimate of drug-likeness (QED) is 0.338. The molecule has 1 fully saturated rings. The van der Waals surface area contributed by atoms with Gasteiger partial charge in [0.25, 0.3) is 0 Å². The molecule has 1 saturated carbocycles. The number of hydrogen-bond donors (Lipinski definition) is 1. The summed E-state index contributed by atoms with van der Waals surface area (Å²) in [6, 6.07) is 19.5. The first-order valence-corrected chi connectivity index (χ1v) is 12.0. The Morgan fingerprint density at radius 2 is 1.86 bits per heavy atom. The molecule has 1 aliphatic carbocycles. The van der Waals surface area contributed by atoms with Crippen LogP contribution in [0.15, 0.2) is 71.4 Å². The number of carbonyl (C=O) groups is 1. The lowest BCUT2D eigenvalue weighted by Crippen LogP contribution is -2.29. The molecule has 0 bridgehead atoms. The van der Waals surface area contributed by atoms with E-state index >= 15 is 0 Å². The van der Waals surface area contributed by atoms with E-state index in [0.717, 1.165) is 40.9 Å². The molecule has 0 aliphatic heterocycles. The molecule has 2 heterocycles. The van der Waals surface area contributed by atoms with Crippen LogP contribution in [0.2, 0.25) is 0 Å². The van der Waals surface area contributed by atoms with Crippen LogP contribution in [0, 0.1) is 12.8 Å². The van der Waals surface area contributed by atoms with E-state index in [1.807, 2.05) is 67.6 Å². The minimum atomic E-state index is -0.744. The molecule has 0 unspecified atom stereocenters. The fourth-order valence-electron chi connectivity index (χ4n) is 4.46. The highest BCUT2D eigenvalue weighted by molar-refractivity contribution is 5.70. The Morgan fingerprint density at radius 3 is 2.64 bits per heavy atom. The Bertz CT molecular complexity index is 1320. The Balaban J connectivity index is 1.26. The van der Waals surface area contributed by atoms with Gasteiger partial charge in [-0.1, -0.05) is 35.5 Å². The van der Waals surface area contributed by atoms with Crippen molar-refractivity contribution < 1.29 is 23.9 Å². The predicted octanol–water partition coefficient (Wildman–Crippen LogP) is 5.71. The molecule has 8 nitrogen and oxygen atoms in total. The summed E-state index contributed by atoms with van der Waals surface area (Å²) >= 11 is 0. The van der Waals surface area contributed by atoms with Gasteiger partial charge in [-0.3, -0.25) is 4.79 Å². The number of nitrogens with zero attached hydrogens (tertiary/aromatic N) is 3. The van der Waals surface area contributed by atoms with E-state index in [2.05, 4.69) is 15.1 Å². The molecule has 2 aromatic heterocycles. The lowest BCUT2D eigenvalue weighted by atomic mass is 9.87. The molecule has 2 atom stereocenters. The minimum Gasteiger partial charge on any atom is -0.490 e. The van der Waals surface area contributed by atoms with E-state index in [0.29, 0.717) is 24.4 Å². The number of rotatable bonds is 8. The molecule has 0 radical (unpaired) electrons. The predicted molar refractivity (Wildman–Crippen MR) is 132 cm³/mol. The molecule has 8 heteroatoms. The van der Waals surface area contributed by atoms with Gasteiger partial charge in [0, 0.05) is 17.3 Å². The van der Waals surface area contributed by atoms with Crippen molar-refractivity contribution in [2.24, 2.45) is 5.92 Å². The highest BCUT2D eigenvalue weighted by atomic mass is 16.5. The highest BCUT2D eigenvalue weighted by Crippen LogP contribution is 2.31. The maximum atomic E-state index is 11.3. The summed E-state index contributed by atoms with van der Waals surface area (Å²) in [7, 11) is 0. The van der Waals surface area contributed by atoms with Gasteiger partial charge in [0.1, 0.15) is 12.4 Å². The largest absolute Gasteiger partial charge is 0.490 e. The fourth-order valence-corrected chi connectivity index (χ4v) is 4.46. The van der Waals surface area contributed by atoms with Crippen molar-refractivity contribution in [3.63, 3.8) is 0 Å². The van der Waals surface area contributed by atoms with Gasteiger partial charge in [-0.25, -0.2) is 4.98 Å². The molecular formula is C28H27N3O5. The van der Waals surface area contributed by atoms with Crippen LogP contribution in [-0.4, -0.2) is 32.3 Å². The van der Waals surface area contributed by atoms with Crippen LogP contribution in [0.4, 0.5) is 0 Å². The van der Waals surface area contributed by atoms with Gasteiger partial charge in [-0.2, -0.15) is 4.98 Å². The molecule has 184 valence electrons. The van der Waals surface area contributed by atoms with Crippen molar-refractivity contribution in [2.45, 2.75) is 45.3 Å². The third-order valence-electron chi connectivity index (χ3n) is 6.43. The number of aryl methyl sites for hydroxylation is 1. The van der Waals surface area contributed by atoms with E-state index in [4.69, 9.17) is 14.0 Å². The van der Waals surface area contributed by atoms with Crippen molar-refractivity contribution >= 4 is 5.97 Å². The number of carboxylic acids is 1. The summed E-state index contributed by atoms with van der Waals surface area (Å²) in [5.74, 6) is 0.239. The summed E-state index contributed by atoms with van der Waals surface area (Å²) < 4.78 is 17.6. The first-order chi connectivity index (χ1) is 17.6. The molecule has 36 heavy (non-hydrogen) atoms. The van der Waals surface area contributed by atoms with Crippen molar-refractivity contribution in [1.29, 1.82) is 0 Å². The normalized spacial score (nSPS) is 17.5. The number of benzene rings is 2. The van der Waals surface area contributed by atoms with Gasteiger partial charge in [0.05, 0.1) is 29.0 Å². The Morgan fingerprint density at radius 1 is 1.06 bits per heavy atom. The third-order valence-corrected chi connectivity index (χ3v) is 6.43. The van der Waals surface area contributed by atoms with E-state index in [-0.39, 0.29) is 24.6 Å². The number of aromatic nitrogens is 3. The molecule has 1 aliphatic rings. The van der Waals surface area contributed by atoms with Crippen molar-refractivity contribution in [2.75, 3.05) is 0 Å². The zero-order valence-electron chi connectivity index (χ0n) is 20.0. The monoisotopic (exact) mass is 485 g/mol. The molecule has 0 spiro atoms. The number of hydrogen-bond acceptors (Lipinski definition) is 7. The second kappa shape index (κ2) is 10.6. The van der Waals surface area contributed by atoms with Crippen LogP contribution in [-0.2, 0) is 11.4 Å². The Hall–Kier alpha value is -4.20. The van der Waals surface area contributed by atoms with Crippen LogP contribution < -0.4 is 9.47 Å². The third kappa shape index (κ3) is 5.38. The Kier molecular flexibility index (Phi) is 6.93. The van der Waals surface area contributed by atoms with Crippen molar-refractivity contribution in [3.05, 3.63) is 78.1 Å². The maximum absolute atomic E-state index is 11.3. The van der Waals surface area contributed by atoms with Crippen molar-refractivity contribution in [3.8, 4) is 34.3 Å². The van der Waals surface area contributed by atoms with Gasteiger partial charge in [0.2, 0.25) is 0 Å². The summed E-state index contributed by atoms with van der Waals surface area (Å²) in [4.78, 5) is 20.1. The van der Waals surface area contributed by atoms with Crippen LogP contribution in [0.5, 0.6) is 11.8 Å². The van der Waals surface area contributed by atoms with E-state index < -0.39 is 5.97 Å². The average molecular weight is 486 g/mol. The maximum Gasteiger partial charge on any atom is 0.317 e. The van der Waals surface area contributed by atoms with Crippen molar-refractivity contribution in [1.82, 2.24) is 15.1 Å². The Labute approximate surface area is 208 Å². The van der Waals surface area contributed by atoms with Crippen LogP contribution in [0.25, 0.3) is 22.6 Å². The van der Waals surface area contributed by atoms with Crippen LogP contribution >= 0.6 is 0 Å². The second-order valence-electron chi connectivity index (χ2n) is 8.92. The second-order valence-corrected chi connectivity index (χ2v) is 8.92. The van der Waals surface area contributed by atoms with E-state index in [1.54, 1.807) is 6.20 Å². The summed E-state index contributed by atoms with van der Waals surface area (Å²) in [5, 5.41) is 13.4. The van der Waals surface area contributed by atoms with Crippen LogP contribution in [0.3, 0.4) is 0 Å². The summed E-state index contributed by atoms with van der Waals surface area (Å²) in [6.07, 6.45) is 4.56. The first kappa shape index (κ1) is 23.5. The molecule has 5 rings (SSSR count). The molecule has 0 amide bonds. The number of ether oxygens (including phenoxy) is 2.